The zero-order valence-corrected chi connectivity index (χ0v) is 15.0. The van der Waals surface area contributed by atoms with Gasteiger partial charge in [-0.1, -0.05) is 19.0 Å². The SMILES string of the molecule is Cc1cc(CN2CCN(CC(=O)NC(C)(C#N)C(C)C)CC2)on1. The molecule has 2 heterocycles. The van der Waals surface area contributed by atoms with Gasteiger partial charge in [0.2, 0.25) is 5.91 Å². The average molecular weight is 333 g/mol. The summed E-state index contributed by atoms with van der Waals surface area (Å²) < 4.78 is 5.25. The molecule has 1 amide bonds. The van der Waals surface area contributed by atoms with Crippen LogP contribution in [0.1, 0.15) is 32.2 Å². The maximum Gasteiger partial charge on any atom is 0.235 e. The van der Waals surface area contributed by atoms with Gasteiger partial charge in [0, 0.05) is 32.2 Å². The maximum atomic E-state index is 12.2. The molecule has 7 heteroatoms. The number of hydrogen-bond acceptors (Lipinski definition) is 6. The minimum Gasteiger partial charge on any atom is -0.360 e. The van der Waals surface area contributed by atoms with Crippen molar-refractivity contribution in [3.05, 3.63) is 17.5 Å². The second kappa shape index (κ2) is 7.77. The van der Waals surface area contributed by atoms with E-state index in [0.717, 1.165) is 44.2 Å². The van der Waals surface area contributed by atoms with Crippen LogP contribution in [0.4, 0.5) is 0 Å². The number of hydrogen-bond donors (Lipinski definition) is 1. The van der Waals surface area contributed by atoms with E-state index in [2.05, 4.69) is 26.3 Å². The molecular formula is C17H27N5O2. The largest absolute Gasteiger partial charge is 0.360 e. The van der Waals surface area contributed by atoms with Crippen LogP contribution in [0.5, 0.6) is 0 Å². The summed E-state index contributed by atoms with van der Waals surface area (Å²) in [5, 5.41) is 16.1. The number of carbonyl (C=O) groups excluding carboxylic acids is 1. The lowest BCUT2D eigenvalue weighted by Gasteiger charge is -2.34. The molecule has 1 saturated heterocycles. The topological polar surface area (TPSA) is 85.4 Å². The van der Waals surface area contributed by atoms with Crippen LogP contribution < -0.4 is 5.32 Å². The Morgan fingerprint density at radius 3 is 2.54 bits per heavy atom. The van der Waals surface area contributed by atoms with Crippen molar-refractivity contribution >= 4 is 5.91 Å². The molecule has 1 aromatic heterocycles. The van der Waals surface area contributed by atoms with E-state index in [1.165, 1.54) is 0 Å². The van der Waals surface area contributed by atoms with Crippen LogP contribution >= 0.6 is 0 Å². The van der Waals surface area contributed by atoms with Crippen molar-refractivity contribution in [3.8, 4) is 6.07 Å². The van der Waals surface area contributed by atoms with Crippen LogP contribution in [0.25, 0.3) is 0 Å². The maximum absolute atomic E-state index is 12.2. The summed E-state index contributed by atoms with van der Waals surface area (Å²) in [6.45, 7) is 12.1. The van der Waals surface area contributed by atoms with Crippen molar-refractivity contribution in [2.24, 2.45) is 5.92 Å². The summed E-state index contributed by atoms with van der Waals surface area (Å²) in [7, 11) is 0. The van der Waals surface area contributed by atoms with Gasteiger partial charge in [-0.3, -0.25) is 14.6 Å². The quantitative estimate of drug-likeness (QED) is 0.841. The Bertz CT molecular complexity index is 598. The number of nitriles is 1. The van der Waals surface area contributed by atoms with E-state index in [4.69, 9.17) is 4.52 Å². The first-order chi connectivity index (χ1) is 11.3. The lowest BCUT2D eigenvalue weighted by Crippen LogP contribution is -2.54. The first kappa shape index (κ1) is 18.4. The molecule has 1 unspecified atom stereocenters. The second-order valence-electron chi connectivity index (χ2n) is 7.00. The molecule has 7 nitrogen and oxygen atoms in total. The number of aromatic nitrogens is 1. The fourth-order valence-corrected chi connectivity index (χ4v) is 2.65. The van der Waals surface area contributed by atoms with E-state index in [9.17, 15) is 10.1 Å². The first-order valence-corrected chi connectivity index (χ1v) is 8.41. The van der Waals surface area contributed by atoms with Crippen molar-refractivity contribution in [1.82, 2.24) is 20.3 Å². The fraction of sp³-hybridized carbons (Fsp3) is 0.706. The van der Waals surface area contributed by atoms with Crippen molar-refractivity contribution in [2.45, 2.75) is 39.8 Å². The van der Waals surface area contributed by atoms with Crippen molar-refractivity contribution in [2.75, 3.05) is 32.7 Å². The molecule has 24 heavy (non-hydrogen) atoms. The second-order valence-corrected chi connectivity index (χ2v) is 7.00. The number of nitrogens with zero attached hydrogens (tertiary/aromatic N) is 4. The number of carbonyl (C=O) groups is 1. The molecule has 1 aromatic rings. The van der Waals surface area contributed by atoms with Gasteiger partial charge in [-0.15, -0.1) is 0 Å². The molecule has 0 spiro atoms. The molecule has 0 radical (unpaired) electrons. The Hall–Kier alpha value is -1.91. The van der Waals surface area contributed by atoms with Gasteiger partial charge < -0.3 is 9.84 Å². The first-order valence-electron chi connectivity index (χ1n) is 8.41. The van der Waals surface area contributed by atoms with E-state index in [0.29, 0.717) is 6.54 Å². The minimum atomic E-state index is -0.816. The third kappa shape index (κ3) is 4.79. The molecule has 1 aliphatic rings. The molecule has 1 fully saturated rings. The minimum absolute atomic E-state index is 0.0636. The van der Waals surface area contributed by atoms with Gasteiger partial charge in [-0.2, -0.15) is 5.26 Å². The van der Waals surface area contributed by atoms with E-state index in [1.807, 2.05) is 26.8 Å². The molecule has 1 atom stereocenters. The number of rotatable bonds is 6. The highest BCUT2D eigenvalue weighted by Crippen LogP contribution is 2.15. The summed E-state index contributed by atoms with van der Waals surface area (Å²) in [5.41, 5.74) is 0.0780. The summed E-state index contributed by atoms with van der Waals surface area (Å²) in [5.74, 6) is 0.848. The lowest BCUT2D eigenvalue weighted by molar-refractivity contribution is -0.124. The summed E-state index contributed by atoms with van der Waals surface area (Å²) >= 11 is 0. The molecular weight excluding hydrogens is 306 g/mol. The van der Waals surface area contributed by atoms with Gasteiger partial charge in [-0.25, -0.2) is 0 Å². The van der Waals surface area contributed by atoms with Gasteiger partial charge in [0.15, 0.2) is 5.76 Å². The van der Waals surface area contributed by atoms with Gasteiger partial charge in [-0.05, 0) is 19.8 Å². The van der Waals surface area contributed by atoms with E-state index >= 15 is 0 Å². The molecule has 0 aliphatic carbocycles. The molecule has 0 bridgehead atoms. The van der Waals surface area contributed by atoms with Crippen LogP contribution in [-0.4, -0.2) is 59.1 Å². The van der Waals surface area contributed by atoms with Crippen LogP contribution in [0.15, 0.2) is 10.6 Å². The zero-order valence-electron chi connectivity index (χ0n) is 15.0. The fourth-order valence-electron chi connectivity index (χ4n) is 2.65. The highest BCUT2D eigenvalue weighted by atomic mass is 16.5. The molecule has 1 N–H and O–H groups in total. The average Bonchev–Trinajstić information content (AvgIpc) is 2.94. The van der Waals surface area contributed by atoms with Gasteiger partial charge in [0.1, 0.15) is 5.54 Å². The van der Waals surface area contributed by atoms with Crippen LogP contribution in [0, 0.1) is 24.2 Å². The van der Waals surface area contributed by atoms with Crippen LogP contribution in [-0.2, 0) is 11.3 Å². The number of nitrogens with one attached hydrogen (secondary N) is 1. The summed E-state index contributed by atoms with van der Waals surface area (Å²) in [6.07, 6.45) is 0. The summed E-state index contributed by atoms with van der Waals surface area (Å²) in [4.78, 5) is 16.6. The van der Waals surface area contributed by atoms with Gasteiger partial charge >= 0.3 is 0 Å². The highest BCUT2D eigenvalue weighted by molar-refractivity contribution is 5.79. The van der Waals surface area contributed by atoms with Crippen molar-refractivity contribution in [3.63, 3.8) is 0 Å². The third-order valence-corrected chi connectivity index (χ3v) is 4.67. The molecule has 1 aliphatic heterocycles. The smallest absolute Gasteiger partial charge is 0.235 e. The van der Waals surface area contributed by atoms with E-state index in [-0.39, 0.29) is 11.8 Å². The standard InChI is InChI=1S/C17H27N5O2/c1-13(2)17(4,12-18)19-16(23)11-22-7-5-21(6-8-22)10-15-9-14(3)20-24-15/h9,13H,5-8,10-11H2,1-4H3,(H,19,23). The Kier molecular flexibility index (Phi) is 5.97. The van der Waals surface area contributed by atoms with Crippen LogP contribution in [0.3, 0.4) is 0 Å². The zero-order chi connectivity index (χ0) is 17.7. The van der Waals surface area contributed by atoms with Gasteiger partial charge in [0.25, 0.3) is 0 Å². The lowest BCUT2D eigenvalue weighted by atomic mass is 9.90. The molecule has 0 saturated carbocycles. The normalized spacial score (nSPS) is 19.0. The third-order valence-electron chi connectivity index (χ3n) is 4.67. The van der Waals surface area contributed by atoms with Gasteiger partial charge in [0.05, 0.1) is 24.9 Å². The van der Waals surface area contributed by atoms with Crippen LogP contribution in [0.2, 0.25) is 0 Å². The Balaban J connectivity index is 1.76. The van der Waals surface area contributed by atoms with Crippen molar-refractivity contribution in [1.29, 1.82) is 5.26 Å². The Morgan fingerprint density at radius 1 is 1.42 bits per heavy atom. The number of aryl methyl sites for hydroxylation is 1. The highest BCUT2D eigenvalue weighted by Gasteiger charge is 2.30. The Labute approximate surface area is 143 Å². The monoisotopic (exact) mass is 333 g/mol. The number of amides is 1. The molecule has 132 valence electrons. The predicted octanol–water partition coefficient (Wildman–Crippen LogP) is 1.16. The van der Waals surface area contributed by atoms with Crippen molar-refractivity contribution < 1.29 is 9.32 Å². The predicted molar refractivity (Wildman–Crippen MR) is 90.0 cm³/mol. The van der Waals surface area contributed by atoms with E-state index in [1.54, 1.807) is 6.92 Å². The Morgan fingerprint density at radius 2 is 2.04 bits per heavy atom. The molecule has 2 rings (SSSR count). The summed E-state index contributed by atoms with van der Waals surface area (Å²) in [6, 6.07) is 4.16. The molecule has 0 aromatic carbocycles. The van der Waals surface area contributed by atoms with E-state index < -0.39 is 5.54 Å². The number of piperazine rings is 1.